The third-order valence-electron chi connectivity index (χ3n) is 5.16. The molecule has 3 nitrogen and oxygen atoms in total. The van der Waals surface area contributed by atoms with E-state index in [0.717, 1.165) is 44.8 Å². The molecule has 0 aromatic heterocycles. The molecule has 1 atom stereocenters. The predicted octanol–water partition coefficient (Wildman–Crippen LogP) is 4.31. The van der Waals surface area contributed by atoms with Gasteiger partial charge in [-0.2, -0.15) is 13.2 Å². The highest BCUT2D eigenvalue weighted by Crippen LogP contribution is 2.49. The number of aromatic hydroxyl groups is 1. The van der Waals surface area contributed by atoms with Crippen LogP contribution in [0.3, 0.4) is 0 Å². The first kappa shape index (κ1) is 18.0. The molecular weight excluding hydrogens is 385 g/mol. The molecule has 134 valence electrons. The van der Waals surface area contributed by atoms with E-state index in [2.05, 4.69) is 26.1 Å². The molecule has 0 unspecified atom stereocenters. The van der Waals surface area contributed by atoms with Crippen molar-refractivity contribution in [3.8, 4) is 5.75 Å². The molecule has 2 aliphatic rings. The Kier molecular flexibility index (Phi) is 5.42. The predicted molar refractivity (Wildman–Crippen MR) is 90.0 cm³/mol. The van der Waals surface area contributed by atoms with Crippen LogP contribution in [-0.4, -0.2) is 36.2 Å². The lowest BCUT2D eigenvalue weighted by molar-refractivity contribution is -0.139. The van der Waals surface area contributed by atoms with Gasteiger partial charge in [-0.1, -0.05) is 12.8 Å². The van der Waals surface area contributed by atoms with Crippen molar-refractivity contribution in [2.45, 2.75) is 37.9 Å². The van der Waals surface area contributed by atoms with E-state index in [4.69, 9.17) is 0 Å². The molecule has 1 aliphatic carbocycles. The van der Waals surface area contributed by atoms with E-state index in [1.54, 1.807) is 0 Å². The van der Waals surface area contributed by atoms with Crippen LogP contribution in [0.25, 0.3) is 0 Å². The molecule has 1 aliphatic heterocycles. The smallest absolute Gasteiger partial charge is 0.416 e. The van der Waals surface area contributed by atoms with Crippen molar-refractivity contribution in [3.05, 3.63) is 27.7 Å². The topological polar surface area (TPSA) is 35.5 Å². The molecule has 2 fully saturated rings. The Balaban J connectivity index is 2.10. The van der Waals surface area contributed by atoms with Crippen LogP contribution in [0.2, 0.25) is 0 Å². The number of hydrogen-bond acceptors (Lipinski definition) is 3. The average Bonchev–Trinajstić information content (AvgIpc) is 3.06. The third-order valence-corrected chi connectivity index (χ3v) is 5.80. The minimum Gasteiger partial charge on any atom is -0.506 e. The molecule has 1 heterocycles. The summed E-state index contributed by atoms with van der Waals surface area (Å²) in [4.78, 5) is 2.11. The first-order valence-electron chi connectivity index (χ1n) is 8.43. The highest BCUT2D eigenvalue weighted by atomic mass is 79.9. The zero-order valence-electron chi connectivity index (χ0n) is 13.4. The van der Waals surface area contributed by atoms with Crippen LogP contribution >= 0.6 is 15.9 Å². The molecule has 0 bridgehead atoms. The molecule has 7 heteroatoms. The van der Waals surface area contributed by atoms with Gasteiger partial charge in [-0.05, 0) is 46.8 Å². The summed E-state index contributed by atoms with van der Waals surface area (Å²) in [6.45, 7) is 2.92. The summed E-state index contributed by atoms with van der Waals surface area (Å²) < 4.78 is 41.2. The first-order chi connectivity index (χ1) is 11.4. The Morgan fingerprint density at radius 1 is 1.17 bits per heavy atom. The van der Waals surface area contributed by atoms with Crippen molar-refractivity contribution in [1.82, 2.24) is 10.2 Å². The van der Waals surface area contributed by atoms with E-state index >= 15 is 0 Å². The van der Waals surface area contributed by atoms with Gasteiger partial charge in [0.05, 0.1) is 10.0 Å². The second-order valence-corrected chi connectivity index (χ2v) is 7.48. The number of phenolic OH excluding ortho intramolecular Hbond substituents is 1. The van der Waals surface area contributed by atoms with Gasteiger partial charge in [0.2, 0.25) is 0 Å². The molecule has 1 aromatic carbocycles. The number of alkyl halides is 3. The molecule has 3 rings (SSSR count). The van der Waals surface area contributed by atoms with Crippen molar-refractivity contribution in [2.75, 3.05) is 26.2 Å². The molecule has 2 N–H and O–H groups in total. The number of benzene rings is 1. The lowest BCUT2D eigenvalue weighted by atomic mass is 9.86. The number of hydrogen-bond donors (Lipinski definition) is 2. The summed E-state index contributed by atoms with van der Waals surface area (Å²) in [5, 5.41) is 13.8. The second kappa shape index (κ2) is 7.22. The summed E-state index contributed by atoms with van der Waals surface area (Å²) in [5.41, 5.74) is -0.663. The van der Waals surface area contributed by atoms with E-state index in [9.17, 15) is 18.3 Å². The fraction of sp³-hybridized carbons (Fsp3) is 0.647. The van der Waals surface area contributed by atoms with Gasteiger partial charge < -0.3 is 10.4 Å². The average molecular weight is 407 g/mol. The Labute approximate surface area is 148 Å². The minimum absolute atomic E-state index is 0.0469. The lowest BCUT2D eigenvalue weighted by Crippen LogP contribution is -2.47. The monoisotopic (exact) mass is 406 g/mol. The van der Waals surface area contributed by atoms with Crippen LogP contribution < -0.4 is 5.32 Å². The highest BCUT2D eigenvalue weighted by Gasteiger charge is 2.42. The summed E-state index contributed by atoms with van der Waals surface area (Å²) in [5.74, 6) is -0.107. The number of nitrogens with zero attached hydrogens (tertiary/aromatic N) is 1. The van der Waals surface area contributed by atoms with E-state index in [0.29, 0.717) is 17.6 Å². The molecule has 1 aromatic rings. The maximum atomic E-state index is 13.6. The van der Waals surface area contributed by atoms with Crippen LogP contribution in [0, 0.1) is 5.92 Å². The Morgan fingerprint density at radius 3 is 2.38 bits per heavy atom. The molecule has 1 saturated heterocycles. The van der Waals surface area contributed by atoms with Gasteiger partial charge in [0.15, 0.2) is 0 Å². The fourth-order valence-electron chi connectivity index (χ4n) is 4.08. The summed E-state index contributed by atoms with van der Waals surface area (Å²) in [7, 11) is 0. The van der Waals surface area contributed by atoms with Crippen molar-refractivity contribution < 1.29 is 18.3 Å². The number of piperazine rings is 1. The highest BCUT2D eigenvalue weighted by molar-refractivity contribution is 9.10. The summed E-state index contributed by atoms with van der Waals surface area (Å²) in [6, 6.07) is 1.98. The van der Waals surface area contributed by atoms with Gasteiger partial charge in [0.1, 0.15) is 5.75 Å². The van der Waals surface area contributed by atoms with Gasteiger partial charge in [0, 0.05) is 37.8 Å². The number of nitrogens with one attached hydrogen (secondary N) is 1. The molecule has 0 amide bonds. The molecule has 0 radical (unpaired) electrons. The zero-order chi connectivity index (χ0) is 17.3. The fourth-order valence-corrected chi connectivity index (χ4v) is 4.42. The lowest BCUT2D eigenvalue weighted by Gasteiger charge is -2.40. The van der Waals surface area contributed by atoms with Crippen LogP contribution in [0.15, 0.2) is 16.6 Å². The molecule has 24 heavy (non-hydrogen) atoms. The number of rotatable bonds is 3. The molecular formula is C17H22BrF3N2O. The van der Waals surface area contributed by atoms with Gasteiger partial charge in [-0.15, -0.1) is 0 Å². The van der Waals surface area contributed by atoms with Gasteiger partial charge in [0.25, 0.3) is 0 Å². The van der Waals surface area contributed by atoms with Crippen LogP contribution in [0.1, 0.15) is 42.9 Å². The van der Waals surface area contributed by atoms with E-state index in [-0.39, 0.29) is 23.3 Å². The first-order valence-corrected chi connectivity index (χ1v) is 9.22. The Morgan fingerprint density at radius 2 is 1.79 bits per heavy atom. The zero-order valence-corrected chi connectivity index (χ0v) is 15.0. The van der Waals surface area contributed by atoms with Crippen molar-refractivity contribution in [1.29, 1.82) is 0 Å². The second-order valence-electron chi connectivity index (χ2n) is 6.63. The van der Waals surface area contributed by atoms with Gasteiger partial charge >= 0.3 is 6.18 Å². The van der Waals surface area contributed by atoms with Crippen LogP contribution in [0.5, 0.6) is 5.75 Å². The van der Waals surface area contributed by atoms with Gasteiger partial charge in [-0.25, -0.2) is 0 Å². The number of phenols is 1. The number of halogens is 4. The van der Waals surface area contributed by atoms with E-state index in [1.807, 2.05) is 0 Å². The normalized spacial score (nSPS) is 22.0. The van der Waals surface area contributed by atoms with E-state index in [1.165, 1.54) is 6.07 Å². The van der Waals surface area contributed by atoms with Gasteiger partial charge in [-0.3, -0.25) is 4.90 Å². The van der Waals surface area contributed by atoms with Crippen LogP contribution in [-0.2, 0) is 6.18 Å². The summed E-state index contributed by atoms with van der Waals surface area (Å²) >= 11 is 3.20. The maximum absolute atomic E-state index is 13.6. The maximum Gasteiger partial charge on any atom is 0.416 e. The van der Waals surface area contributed by atoms with Crippen LogP contribution in [0.4, 0.5) is 13.2 Å². The third kappa shape index (κ3) is 3.58. The van der Waals surface area contributed by atoms with Crippen molar-refractivity contribution in [2.24, 2.45) is 5.92 Å². The van der Waals surface area contributed by atoms with Crippen molar-refractivity contribution in [3.63, 3.8) is 0 Å². The van der Waals surface area contributed by atoms with Crippen molar-refractivity contribution >= 4 is 15.9 Å². The SMILES string of the molecule is Oc1c(Br)ccc(C(F)(F)F)c1[C@H](C1CCCC1)N1CCNCC1. The summed E-state index contributed by atoms with van der Waals surface area (Å²) in [6.07, 6.45) is -0.555. The quantitative estimate of drug-likeness (QED) is 0.784. The Hall–Kier alpha value is -0.790. The minimum atomic E-state index is -4.47. The standard InChI is InChI=1S/C17H22BrF3N2O/c18-13-6-5-12(17(19,20)21)14(16(13)24)15(11-3-1-2-4-11)23-9-7-22-8-10-23/h5-6,11,15,22,24H,1-4,7-10H2/t15-/m0/s1. The molecule has 0 spiro atoms. The van der Waals surface area contributed by atoms with E-state index < -0.39 is 11.7 Å². The molecule has 1 saturated carbocycles. The largest absolute Gasteiger partial charge is 0.506 e. The Bertz CT molecular complexity index is 582.